The van der Waals surface area contributed by atoms with E-state index in [1.807, 2.05) is 49.2 Å². The van der Waals surface area contributed by atoms with Gasteiger partial charge in [-0.2, -0.15) is 5.10 Å². The van der Waals surface area contributed by atoms with Crippen molar-refractivity contribution in [2.75, 3.05) is 18.4 Å². The second kappa shape index (κ2) is 7.05. The van der Waals surface area contributed by atoms with Crippen LogP contribution in [0.15, 0.2) is 36.7 Å². The zero-order valence-electron chi connectivity index (χ0n) is 14.8. The number of amides is 1. The number of para-hydroxylation sites is 1. The van der Waals surface area contributed by atoms with Gasteiger partial charge in [-0.25, -0.2) is 4.98 Å². The fourth-order valence-corrected chi connectivity index (χ4v) is 4.07. The quantitative estimate of drug-likeness (QED) is 0.763. The second-order valence-corrected chi connectivity index (χ2v) is 7.63. The Morgan fingerprint density at radius 2 is 2.08 bits per heavy atom. The van der Waals surface area contributed by atoms with Crippen molar-refractivity contribution >= 4 is 38.3 Å². The van der Waals surface area contributed by atoms with E-state index in [4.69, 9.17) is 4.74 Å². The van der Waals surface area contributed by atoms with Crippen molar-refractivity contribution in [2.24, 2.45) is 0 Å². The van der Waals surface area contributed by atoms with Crippen LogP contribution in [-0.4, -0.2) is 50.9 Å². The first-order valence-corrected chi connectivity index (χ1v) is 9.47. The van der Waals surface area contributed by atoms with Crippen LogP contribution in [-0.2, 0) is 16.1 Å². The monoisotopic (exact) mass is 371 g/mol. The van der Waals surface area contributed by atoms with Gasteiger partial charge in [0.25, 0.3) is 0 Å². The van der Waals surface area contributed by atoms with Crippen LogP contribution in [0.4, 0.5) is 10.8 Å². The average molecular weight is 371 g/mol. The molecule has 4 rings (SSSR count). The molecule has 3 aromatic rings. The van der Waals surface area contributed by atoms with E-state index in [1.54, 1.807) is 22.2 Å². The van der Waals surface area contributed by atoms with E-state index in [0.29, 0.717) is 13.1 Å². The lowest BCUT2D eigenvalue weighted by molar-refractivity contribution is -0.144. The first-order valence-electron chi connectivity index (χ1n) is 8.65. The Balaban J connectivity index is 1.40. The fourth-order valence-electron chi connectivity index (χ4n) is 3.18. The van der Waals surface area contributed by atoms with E-state index in [2.05, 4.69) is 15.4 Å². The minimum atomic E-state index is 0.0571. The normalized spacial score (nSPS) is 20.5. The van der Waals surface area contributed by atoms with Crippen LogP contribution in [0.5, 0.6) is 0 Å². The van der Waals surface area contributed by atoms with Crippen molar-refractivity contribution in [3.63, 3.8) is 0 Å². The standard InChI is InChI=1S/C18H21N5O2S/c1-12-8-22(9-13(2)25-12)17(24)11-23-10-14(7-19-23)20-18-21-15-5-3-4-6-16(15)26-18/h3-7,10,12-13H,8-9,11H2,1-2H3,(H,20,21). The Morgan fingerprint density at radius 3 is 2.85 bits per heavy atom. The van der Waals surface area contributed by atoms with Gasteiger partial charge >= 0.3 is 0 Å². The second-order valence-electron chi connectivity index (χ2n) is 6.59. The highest BCUT2D eigenvalue weighted by Gasteiger charge is 2.26. The fraction of sp³-hybridized carbons (Fsp3) is 0.389. The number of ether oxygens (including phenoxy) is 1. The topological polar surface area (TPSA) is 72.3 Å². The molecule has 8 heteroatoms. The van der Waals surface area contributed by atoms with E-state index in [1.165, 1.54) is 0 Å². The highest BCUT2D eigenvalue weighted by Crippen LogP contribution is 2.27. The number of rotatable bonds is 4. The summed E-state index contributed by atoms with van der Waals surface area (Å²) in [6.07, 6.45) is 3.68. The van der Waals surface area contributed by atoms with Crippen LogP contribution in [0.2, 0.25) is 0 Å². The molecule has 136 valence electrons. The van der Waals surface area contributed by atoms with Gasteiger partial charge in [0.2, 0.25) is 5.91 Å². The number of hydrogen-bond donors (Lipinski definition) is 1. The lowest BCUT2D eigenvalue weighted by Crippen LogP contribution is -2.49. The molecule has 0 aliphatic carbocycles. The molecule has 1 N–H and O–H groups in total. The minimum Gasteiger partial charge on any atom is -0.372 e. The van der Waals surface area contributed by atoms with Crippen molar-refractivity contribution in [1.82, 2.24) is 19.7 Å². The van der Waals surface area contributed by atoms with Gasteiger partial charge in [-0.1, -0.05) is 23.5 Å². The molecule has 1 saturated heterocycles. The third-order valence-corrected chi connectivity index (χ3v) is 5.20. The number of morpholine rings is 1. The van der Waals surface area contributed by atoms with Crippen LogP contribution in [0.1, 0.15) is 13.8 Å². The van der Waals surface area contributed by atoms with Crippen LogP contribution in [0.25, 0.3) is 10.2 Å². The van der Waals surface area contributed by atoms with Crippen LogP contribution >= 0.6 is 11.3 Å². The first kappa shape index (κ1) is 17.0. The predicted molar refractivity (Wildman–Crippen MR) is 102 cm³/mol. The zero-order chi connectivity index (χ0) is 18.1. The van der Waals surface area contributed by atoms with Gasteiger partial charge < -0.3 is 15.0 Å². The molecule has 26 heavy (non-hydrogen) atoms. The molecule has 3 heterocycles. The molecular weight excluding hydrogens is 350 g/mol. The van der Waals surface area contributed by atoms with Crippen molar-refractivity contribution in [3.05, 3.63) is 36.7 Å². The molecule has 1 amide bonds. The molecule has 0 saturated carbocycles. The van der Waals surface area contributed by atoms with Gasteiger partial charge in [0.15, 0.2) is 5.13 Å². The zero-order valence-corrected chi connectivity index (χ0v) is 15.6. The molecule has 1 fully saturated rings. The summed E-state index contributed by atoms with van der Waals surface area (Å²) in [6.45, 7) is 5.46. The summed E-state index contributed by atoms with van der Waals surface area (Å²) in [4.78, 5) is 18.9. The lowest BCUT2D eigenvalue weighted by atomic mass is 10.2. The maximum absolute atomic E-state index is 12.5. The summed E-state index contributed by atoms with van der Waals surface area (Å²) in [5.41, 5.74) is 1.79. The summed E-state index contributed by atoms with van der Waals surface area (Å²) >= 11 is 1.59. The van der Waals surface area contributed by atoms with E-state index in [0.717, 1.165) is 21.0 Å². The SMILES string of the molecule is CC1CN(C(=O)Cn2cc(Nc3nc4ccccc4s3)cn2)CC(C)O1. The van der Waals surface area contributed by atoms with E-state index < -0.39 is 0 Å². The molecule has 0 spiro atoms. The average Bonchev–Trinajstić information content (AvgIpc) is 3.20. The number of aromatic nitrogens is 3. The predicted octanol–water partition coefficient (Wildman–Crippen LogP) is 2.87. The smallest absolute Gasteiger partial charge is 0.244 e. The van der Waals surface area contributed by atoms with Gasteiger partial charge in [0.1, 0.15) is 6.54 Å². The van der Waals surface area contributed by atoms with Gasteiger partial charge in [0.05, 0.1) is 34.3 Å². The molecular formula is C18H21N5O2S. The van der Waals surface area contributed by atoms with E-state index in [9.17, 15) is 4.79 Å². The number of benzene rings is 1. The van der Waals surface area contributed by atoms with Crippen LogP contribution in [0, 0.1) is 0 Å². The van der Waals surface area contributed by atoms with Gasteiger partial charge in [-0.15, -0.1) is 0 Å². The number of carbonyl (C=O) groups excluding carboxylic acids is 1. The first-order chi connectivity index (χ1) is 12.6. The highest BCUT2D eigenvalue weighted by atomic mass is 32.1. The molecule has 1 aliphatic rings. The third-order valence-electron chi connectivity index (χ3n) is 4.25. The molecule has 2 aromatic heterocycles. The van der Waals surface area contributed by atoms with E-state index >= 15 is 0 Å². The molecule has 0 bridgehead atoms. The van der Waals surface area contributed by atoms with Crippen molar-refractivity contribution in [2.45, 2.75) is 32.6 Å². The molecule has 7 nitrogen and oxygen atoms in total. The summed E-state index contributed by atoms with van der Waals surface area (Å²) in [7, 11) is 0. The number of thiazole rings is 1. The summed E-state index contributed by atoms with van der Waals surface area (Å²) < 4.78 is 8.47. The van der Waals surface area contributed by atoms with Gasteiger partial charge in [0, 0.05) is 19.3 Å². The summed E-state index contributed by atoms with van der Waals surface area (Å²) in [5.74, 6) is 0.0571. The number of anilines is 2. The maximum atomic E-state index is 12.5. The lowest BCUT2D eigenvalue weighted by Gasteiger charge is -2.35. The van der Waals surface area contributed by atoms with Crippen molar-refractivity contribution < 1.29 is 9.53 Å². The summed E-state index contributed by atoms with van der Waals surface area (Å²) in [6, 6.07) is 8.01. The van der Waals surface area contributed by atoms with Crippen molar-refractivity contribution in [1.29, 1.82) is 0 Å². The Labute approximate surface area is 155 Å². The Morgan fingerprint density at radius 1 is 1.31 bits per heavy atom. The number of hydrogen-bond acceptors (Lipinski definition) is 6. The number of nitrogens with zero attached hydrogens (tertiary/aromatic N) is 4. The largest absolute Gasteiger partial charge is 0.372 e. The molecule has 1 aromatic carbocycles. The number of fused-ring (bicyclic) bond motifs is 1. The van der Waals surface area contributed by atoms with Crippen molar-refractivity contribution in [3.8, 4) is 0 Å². The van der Waals surface area contributed by atoms with E-state index in [-0.39, 0.29) is 24.7 Å². The third kappa shape index (κ3) is 3.71. The molecule has 2 atom stereocenters. The highest BCUT2D eigenvalue weighted by molar-refractivity contribution is 7.22. The van der Waals surface area contributed by atoms with Crippen LogP contribution in [0.3, 0.4) is 0 Å². The number of nitrogens with one attached hydrogen (secondary N) is 1. The Hall–Kier alpha value is -2.45. The summed E-state index contributed by atoms with van der Waals surface area (Å²) in [5, 5.41) is 8.36. The minimum absolute atomic E-state index is 0.0571. The maximum Gasteiger partial charge on any atom is 0.244 e. The molecule has 2 unspecified atom stereocenters. The molecule has 0 radical (unpaired) electrons. The Bertz CT molecular complexity index is 878. The number of carbonyl (C=O) groups is 1. The molecule has 1 aliphatic heterocycles. The van der Waals surface area contributed by atoms with Crippen LogP contribution < -0.4 is 5.32 Å². The van der Waals surface area contributed by atoms with Gasteiger partial charge in [-0.3, -0.25) is 9.48 Å². The Kier molecular flexibility index (Phi) is 4.60. The van der Waals surface area contributed by atoms with Gasteiger partial charge in [-0.05, 0) is 26.0 Å².